The second-order valence-corrected chi connectivity index (χ2v) is 6.38. The van der Waals surface area contributed by atoms with Gasteiger partial charge in [0.25, 0.3) is 0 Å². The highest BCUT2D eigenvalue weighted by Gasteiger charge is 2.14. The highest BCUT2D eigenvalue weighted by atomic mass is 35.5. The van der Waals surface area contributed by atoms with Crippen LogP contribution >= 0.6 is 11.6 Å². The van der Waals surface area contributed by atoms with Crippen LogP contribution in [-0.4, -0.2) is 23.1 Å². The van der Waals surface area contributed by atoms with Gasteiger partial charge < -0.3 is 10.1 Å². The van der Waals surface area contributed by atoms with Gasteiger partial charge in [-0.05, 0) is 37.1 Å². The van der Waals surface area contributed by atoms with Crippen LogP contribution in [0.4, 0.5) is 5.95 Å². The molecule has 1 aliphatic rings. The first-order chi connectivity index (χ1) is 11.3. The number of hydrogen-bond donors (Lipinski definition) is 1. The summed E-state index contributed by atoms with van der Waals surface area (Å²) in [6, 6.07) is 7.90. The predicted molar refractivity (Wildman–Crippen MR) is 94.1 cm³/mol. The maximum absolute atomic E-state index is 6.12. The number of aromatic nitrogens is 2. The molecular weight excluding hydrogens is 310 g/mol. The summed E-state index contributed by atoms with van der Waals surface area (Å²) >= 11 is 6.12. The van der Waals surface area contributed by atoms with E-state index in [1.807, 2.05) is 24.3 Å². The van der Waals surface area contributed by atoms with Crippen molar-refractivity contribution in [1.29, 1.82) is 0 Å². The normalized spacial score (nSPS) is 15.9. The summed E-state index contributed by atoms with van der Waals surface area (Å²) in [6.07, 6.45) is 9.38. The van der Waals surface area contributed by atoms with Crippen LogP contribution in [0.25, 0.3) is 11.3 Å². The maximum Gasteiger partial charge on any atom is 0.223 e. The number of rotatable bonds is 4. The van der Waals surface area contributed by atoms with Gasteiger partial charge in [0.05, 0.1) is 12.8 Å². The molecule has 4 nitrogen and oxygen atoms in total. The van der Waals surface area contributed by atoms with Crippen molar-refractivity contribution in [3.05, 3.63) is 35.5 Å². The molecule has 0 saturated heterocycles. The highest BCUT2D eigenvalue weighted by Crippen LogP contribution is 2.31. The Hall–Kier alpha value is -1.81. The molecule has 2 aromatic rings. The monoisotopic (exact) mass is 331 g/mol. The van der Waals surface area contributed by atoms with Crippen molar-refractivity contribution >= 4 is 17.5 Å². The Morgan fingerprint density at radius 1 is 1.13 bits per heavy atom. The zero-order valence-electron chi connectivity index (χ0n) is 13.4. The number of hydrogen-bond acceptors (Lipinski definition) is 4. The molecule has 0 unspecified atom stereocenters. The van der Waals surface area contributed by atoms with E-state index in [1.54, 1.807) is 13.3 Å². The molecule has 1 heterocycles. The zero-order valence-corrected chi connectivity index (χ0v) is 14.1. The van der Waals surface area contributed by atoms with E-state index in [4.69, 9.17) is 16.3 Å². The summed E-state index contributed by atoms with van der Waals surface area (Å²) in [4.78, 5) is 9.03. The Morgan fingerprint density at radius 3 is 2.65 bits per heavy atom. The van der Waals surface area contributed by atoms with Gasteiger partial charge in [-0.15, -0.1) is 0 Å². The largest absolute Gasteiger partial charge is 0.496 e. The minimum atomic E-state index is 0.467. The van der Waals surface area contributed by atoms with Crippen molar-refractivity contribution in [1.82, 2.24) is 9.97 Å². The number of methoxy groups -OCH3 is 1. The standard InChI is InChI=1S/C18H22ClN3O/c1-23-17-9-8-13(19)12-15(17)16-10-11-20-18(22-16)21-14-6-4-2-3-5-7-14/h8-12,14H,2-7H2,1H3,(H,20,21,22). The van der Waals surface area contributed by atoms with Gasteiger partial charge in [0.2, 0.25) is 5.95 Å². The fourth-order valence-corrected chi connectivity index (χ4v) is 3.24. The quantitative estimate of drug-likeness (QED) is 0.806. The number of nitrogens with zero attached hydrogens (tertiary/aromatic N) is 2. The first-order valence-electron chi connectivity index (χ1n) is 8.20. The summed E-state index contributed by atoms with van der Waals surface area (Å²) in [7, 11) is 1.65. The average molecular weight is 332 g/mol. The second kappa shape index (κ2) is 7.64. The van der Waals surface area contributed by atoms with Crippen molar-refractivity contribution in [2.45, 2.75) is 44.6 Å². The van der Waals surface area contributed by atoms with Crippen molar-refractivity contribution in [2.75, 3.05) is 12.4 Å². The second-order valence-electron chi connectivity index (χ2n) is 5.94. The third-order valence-corrected chi connectivity index (χ3v) is 4.52. The number of halogens is 1. The smallest absolute Gasteiger partial charge is 0.223 e. The molecule has 1 aliphatic carbocycles. The van der Waals surface area contributed by atoms with Crippen molar-refractivity contribution in [2.24, 2.45) is 0 Å². The average Bonchev–Trinajstić information content (AvgIpc) is 2.84. The van der Waals surface area contributed by atoms with Crippen LogP contribution in [-0.2, 0) is 0 Å². The van der Waals surface area contributed by atoms with Gasteiger partial charge in [0.15, 0.2) is 0 Å². The summed E-state index contributed by atoms with van der Waals surface area (Å²) in [5, 5.41) is 4.15. The van der Waals surface area contributed by atoms with Gasteiger partial charge in [-0.25, -0.2) is 9.97 Å². The Kier molecular flexibility index (Phi) is 5.34. The van der Waals surface area contributed by atoms with Crippen LogP contribution in [0.15, 0.2) is 30.5 Å². The van der Waals surface area contributed by atoms with E-state index in [-0.39, 0.29) is 0 Å². The van der Waals surface area contributed by atoms with Crippen molar-refractivity contribution < 1.29 is 4.74 Å². The Bertz CT molecular complexity index is 654. The number of anilines is 1. The lowest BCUT2D eigenvalue weighted by atomic mass is 10.1. The Morgan fingerprint density at radius 2 is 1.91 bits per heavy atom. The van der Waals surface area contributed by atoms with E-state index in [0.717, 1.165) is 17.0 Å². The molecule has 3 rings (SSSR count). The van der Waals surface area contributed by atoms with Crippen LogP contribution in [0, 0.1) is 0 Å². The molecule has 1 fully saturated rings. The molecular formula is C18H22ClN3O. The summed E-state index contributed by atoms with van der Waals surface area (Å²) < 4.78 is 5.42. The van der Waals surface area contributed by atoms with Crippen molar-refractivity contribution in [3.63, 3.8) is 0 Å². The van der Waals surface area contributed by atoms with E-state index in [9.17, 15) is 0 Å². The maximum atomic E-state index is 6.12. The van der Waals surface area contributed by atoms with Gasteiger partial charge in [0, 0.05) is 22.8 Å². The molecule has 0 spiro atoms. The molecule has 1 N–H and O–H groups in total. The number of nitrogens with one attached hydrogen (secondary N) is 1. The van der Waals surface area contributed by atoms with Crippen molar-refractivity contribution in [3.8, 4) is 17.0 Å². The van der Waals surface area contributed by atoms with Gasteiger partial charge in [-0.3, -0.25) is 0 Å². The zero-order chi connectivity index (χ0) is 16.1. The van der Waals surface area contributed by atoms with E-state index in [1.165, 1.54) is 38.5 Å². The molecule has 1 aromatic heterocycles. The third-order valence-electron chi connectivity index (χ3n) is 4.28. The lowest BCUT2D eigenvalue weighted by Crippen LogP contribution is -2.20. The van der Waals surface area contributed by atoms with Crippen LogP contribution in [0.1, 0.15) is 38.5 Å². The first kappa shape index (κ1) is 16.1. The number of benzene rings is 1. The van der Waals surface area contributed by atoms with E-state index >= 15 is 0 Å². The molecule has 0 atom stereocenters. The van der Waals surface area contributed by atoms with E-state index < -0.39 is 0 Å². The van der Waals surface area contributed by atoms with Gasteiger partial charge in [-0.2, -0.15) is 0 Å². The molecule has 0 bridgehead atoms. The molecule has 23 heavy (non-hydrogen) atoms. The summed E-state index contributed by atoms with van der Waals surface area (Å²) in [6.45, 7) is 0. The molecule has 1 aromatic carbocycles. The molecule has 5 heteroatoms. The van der Waals surface area contributed by atoms with Crippen LogP contribution < -0.4 is 10.1 Å². The lowest BCUT2D eigenvalue weighted by molar-refractivity contribution is 0.416. The Labute approximate surface area is 142 Å². The Balaban J connectivity index is 1.83. The fraction of sp³-hybridized carbons (Fsp3) is 0.444. The molecule has 122 valence electrons. The first-order valence-corrected chi connectivity index (χ1v) is 8.57. The minimum Gasteiger partial charge on any atom is -0.496 e. The fourth-order valence-electron chi connectivity index (χ4n) is 3.06. The van der Waals surface area contributed by atoms with Crippen LogP contribution in [0.3, 0.4) is 0 Å². The van der Waals surface area contributed by atoms with Crippen LogP contribution in [0.5, 0.6) is 5.75 Å². The molecule has 0 aliphatic heterocycles. The summed E-state index contributed by atoms with van der Waals surface area (Å²) in [5.41, 5.74) is 1.70. The predicted octanol–water partition coefficient (Wildman–Crippen LogP) is 4.94. The molecule has 0 radical (unpaired) electrons. The van der Waals surface area contributed by atoms with Crippen LogP contribution in [0.2, 0.25) is 5.02 Å². The van der Waals surface area contributed by atoms with Gasteiger partial charge >= 0.3 is 0 Å². The minimum absolute atomic E-state index is 0.467. The summed E-state index contributed by atoms with van der Waals surface area (Å²) in [5.74, 6) is 1.44. The third kappa shape index (κ3) is 4.14. The lowest BCUT2D eigenvalue weighted by Gasteiger charge is -2.16. The topological polar surface area (TPSA) is 47.0 Å². The van der Waals surface area contributed by atoms with Gasteiger partial charge in [0.1, 0.15) is 5.75 Å². The molecule has 1 saturated carbocycles. The van der Waals surface area contributed by atoms with Gasteiger partial charge in [-0.1, -0.05) is 37.3 Å². The molecule has 0 amide bonds. The SMILES string of the molecule is COc1ccc(Cl)cc1-c1ccnc(NC2CCCCCC2)n1. The van der Waals surface area contributed by atoms with E-state index in [2.05, 4.69) is 15.3 Å². The number of ether oxygens (including phenoxy) is 1. The highest BCUT2D eigenvalue weighted by molar-refractivity contribution is 6.30. The van der Waals surface area contributed by atoms with E-state index in [0.29, 0.717) is 17.0 Å².